The van der Waals surface area contributed by atoms with E-state index >= 15 is 0 Å². The summed E-state index contributed by atoms with van der Waals surface area (Å²) in [7, 11) is -16.8. The second-order valence-corrected chi connectivity index (χ2v) is 12.1. The van der Waals surface area contributed by atoms with Crippen LogP contribution in [-0.4, -0.2) is 50.5 Å². The predicted molar refractivity (Wildman–Crippen MR) is 101 cm³/mol. The highest BCUT2D eigenvalue weighted by Gasteiger charge is 2.67. The topological polar surface area (TPSA) is 175 Å². The highest BCUT2D eigenvalue weighted by atomic mass is 32.3. The highest BCUT2D eigenvalue weighted by Crippen LogP contribution is 2.50. The minimum absolute atomic E-state index is 0.418. The zero-order chi connectivity index (χ0) is 24.8. The Balaban J connectivity index is 2.37. The smallest absolute Gasteiger partial charge is 0.431 e. The zero-order valence-corrected chi connectivity index (χ0v) is 18.2. The molecule has 2 rings (SSSR count). The van der Waals surface area contributed by atoms with Gasteiger partial charge in [-0.25, -0.2) is 16.8 Å². The Morgan fingerprint density at radius 3 is 1.66 bits per heavy atom. The molecule has 0 heterocycles. The molecule has 0 saturated carbocycles. The molecule has 32 heavy (non-hydrogen) atoms. The van der Waals surface area contributed by atoms with Crippen LogP contribution < -0.4 is 4.13 Å². The third-order valence-corrected chi connectivity index (χ3v) is 9.01. The molecule has 0 aliphatic heterocycles. The first-order valence-corrected chi connectivity index (χ1v) is 12.8. The Bertz CT molecular complexity index is 1320. The number of hydrogen-bond acceptors (Lipinski definition) is 9. The molecule has 0 saturated heterocycles. The molecule has 18 heteroatoms. The second kappa shape index (κ2) is 8.34. The molecule has 4 N–H and O–H groups in total. The standard InChI is InChI=1S/C14H11F4NO9S4/c15-13(16,29-10-6-8(20)5-9(21)7-10)14(17,18)32(27,28)19-30(22,23)11-1-3-12(4-2-11)31(24,25)26/h1-7,19-21H,(H,24,25,26). The maximum Gasteiger partial charge on any atom is 0.431 e. The van der Waals surface area contributed by atoms with Gasteiger partial charge in [-0.15, -0.1) is 0 Å². The van der Waals surface area contributed by atoms with Crippen LogP contribution in [0.2, 0.25) is 0 Å². The number of benzene rings is 2. The Kier molecular flexibility index (Phi) is 6.81. The summed E-state index contributed by atoms with van der Waals surface area (Å²) in [6.45, 7) is 0. The molecule has 178 valence electrons. The van der Waals surface area contributed by atoms with Crippen LogP contribution in [0.3, 0.4) is 0 Å². The van der Waals surface area contributed by atoms with Gasteiger partial charge in [0.05, 0.1) is 9.79 Å². The fourth-order valence-corrected chi connectivity index (χ4v) is 6.50. The summed E-state index contributed by atoms with van der Waals surface area (Å²) < 4.78 is 136. The van der Waals surface area contributed by atoms with E-state index in [1.807, 2.05) is 0 Å². The minimum atomic E-state index is -6.64. The molecule has 10 nitrogen and oxygen atoms in total. The van der Waals surface area contributed by atoms with Crippen molar-refractivity contribution in [2.24, 2.45) is 0 Å². The third kappa shape index (κ3) is 5.44. The quantitative estimate of drug-likeness (QED) is 0.220. The maximum absolute atomic E-state index is 14.2. The van der Waals surface area contributed by atoms with E-state index in [0.717, 1.165) is 0 Å². The third-order valence-electron chi connectivity index (χ3n) is 3.45. The van der Waals surface area contributed by atoms with Gasteiger partial charge >= 0.3 is 10.5 Å². The van der Waals surface area contributed by atoms with E-state index in [4.69, 9.17) is 4.55 Å². The predicted octanol–water partition coefficient (Wildman–Crippen LogP) is 1.93. The Hall–Kier alpha value is -2.12. The van der Waals surface area contributed by atoms with Crippen LogP contribution in [0, 0.1) is 0 Å². The lowest BCUT2D eigenvalue weighted by Gasteiger charge is -2.25. The average Bonchev–Trinajstić information content (AvgIpc) is 2.58. The monoisotopic (exact) mass is 541 g/mol. The summed E-state index contributed by atoms with van der Waals surface area (Å²) >= 11 is -1.08. The molecule has 0 amide bonds. The second-order valence-electron chi connectivity index (χ2n) is 5.86. The van der Waals surface area contributed by atoms with Crippen molar-refractivity contribution in [3.05, 3.63) is 42.5 Å². The van der Waals surface area contributed by atoms with Gasteiger partial charge in [0.25, 0.3) is 30.2 Å². The van der Waals surface area contributed by atoms with Crippen LogP contribution >= 0.6 is 11.8 Å². The lowest BCUT2D eigenvalue weighted by Crippen LogP contribution is -2.51. The fourth-order valence-electron chi connectivity index (χ4n) is 2.03. The van der Waals surface area contributed by atoms with E-state index in [-0.39, 0.29) is 0 Å². The van der Waals surface area contributed by atoms with Gasteiger partial charge in [-0.3, -0.25) is 4.55 Å². The van der Waals surface area contributed by atoms with Crippen molar-refractivity contribution in [2.75, 3.05) is 0 Å². The zero-order valence-electron chi connectivity index (χ0n) is 15.0. The number of phenols is 2. The maximum atomic E-state index is 14.2. The van der Waals surface area contributed by atoms with Gasteiger partial charge in [0, 0.05) is 11.0 Å². The molecule has 0 aliphatic rings. The number of sulfonamides is 2. The van der Waals surface area contributed by atoms with E-state index in [9.17, 15) is 53.0 Å². The normalized spacial score (nSPS) is 13.8. The molecule has 0 radical (unpaired) electrons. The van der Waals surface area contributed by atoms with Crippen LogP contribution in [0.5, 0.6) is 11.5 Å². The van der Waals surface area contributed by atoms with Gasteiger partial charge in [0.15, 0.2) is 0 Å². The summed E-state index contributed by atoms with van der Waals surface area (Å²) in [5.74, 6) is -1.60. The molecule has 0 bridgehead atoms. The molecule has 0 spiro atoms. The van der Waals surface area contributed by atoms with Crippen molar-refractivity contribution in [1.29, 1.82) is 0 Å². The Morgan fingerprint density at radius 1 is 0.781 bits per heavy atom. The number of alkyl halides is 4. The Labute approximate surface area is 182 Å². The number of phenolic OH excluding ortho intramolecular Hbond substituents is 2. The van der Waals surface area contributed by atoms with Crippen molar-refractivity contribution >= 4 is 41.9 Å². The minimum Gasteiger partial charge on any atom is -0.508 e. The van der Waals surface area contributed by atoms with Crippen LogP contribution in [0.1, 0.15) is 0 Å². The van der Waals surface area contributed by atoms with E-state index in [1.165, 1.54) is 0 Å². The SMILES string of the molecule is O=S(=O)(O)c1ccc(S(=O)(=O)NS(=O)(=O)C(F)(F)C(F)(F)Sc2cc(O)cc(O)c2)cc1. The van der Waals surface area contributed by atoms with Crippen molar-refractivity contribution in [1.82, 2.24) is 4.13 Å². The first kappa shape index (κ1) is 26.1. The number of nitrogens with one attached hydrogen (secondary N) is 1. The van der Waals surface area contributed by atoms with Crippen LogP contribution in [0.15, 0.2) is 57.2 Å². The molecule has 2 aromatic rings. The number of halogens is 4. The summed E-state index contributed by atoms with van der Waals surface area (Å²) in [4.78, 5) is -2.79. The number of hydrogen-bond donors (Lipinski definition) is 4. The van der Waals surface area contributed by atoms with Gasteiger partial charge in [-0.2, -0.15) is 26.0 Å². The number of aromatic hydroxyl groups is 2. The fraction of sp³-hybridized carbons (Fsp3) is 0.143. The number of rotatable bonds is 8. The van der Waals surface area contributed by atoms with Gasteiger partial charge < -0.3 is 10.2 Å². The van der Waals surface area contributed by atoms with E-state index in [2.05, 4.69) is 0 Å². The Morgan fingerprint density at radius 2 is 1.22 bits per heavy atom. The van der Waals surface area contributed by atoms with Crippen molar-refractivity contribution < 1.29 is 57.6 Å². The molecule has 0 aliphatic carbocycles. The molecule has 2 aromatic carbocycles. The molecular weight excluding hydrogens is 530 g/mol. The average molecular weight is 542 g/mol. The molecule has 0 fully saturated rings. The largest absolute Gasteiger partial charge is 0.508 e. The first-order valence-electron chi connectivity index (χ1n) is 7.62. The van der Waals surface area contributed by atoms with Crippen molar-refractivity contribution in [3.8, 4) is 11.5 Å². The molecule has 0 atom stereocenters. The highest BCUT2D eigenvalue weighted by molar-refractivity contribution is 8.06. The summed E-state index contributed by atoms with van der Waals surface area (Å²) in [5.41, 5.74) is 0. The van der Waals surface area contributed by atoms with Gasteiger partial charge in [-0.05, 0) is 48.2 Å². The van der Waals surface area contributed by atoms with Gasteiger partial charge in [0.1, 0.15) is 11.5 Å². The van der Waals surface area contributed by atoms with Crippen LogP contribution in [0.25, 0.3) is 0 Å². The summed E-state index contributed by atoms with van der Waals surface area (Å²) in [6.07, 6.45) is 0. The molecule has 0 aromatic heterocycles. The summed E-state index contributed by atoms with van der Waals surface area (Å²) in [5, 5.41) is 6.94. The van der Waals surface area contributed by atoms with E-state index in [0.29, 0.717) is 46.6 Å². The summed E-state index contributed by atoms with van der Waals surface area (Å²) in [6, 6.07) is 3.53. The van der Waals surface area contributed by atoms with Gasteiger partial charge in [-0.1, -0.05) is 4.13 Å². The van der Waals surface area contributed by atoms with Crippen LogP contribution in [-0.2, 0) is 30.2 Å². The van der Waals surface area contributed by atoms with Crippen molar-refractivity contribution in [3.63, 3.8) is 0 Å². The van der Waals surface area contributed by atoms with E-state index in [1.54, 1.807) is 0 Å². The van der Waals surface area contributed by atoms with Crippen molar-refractivity contribution in [2.45, 2.75) is 25.2 Å². The van der Waals surface area contributed by atoms with E-state index < -0.39 is 78.6 Å². The van der Waals surface area contributed by atoms with Crippen LogP contribution in [0.4, 0.5) is 17.6 Å². The number of thioether (sulfide) groups is 1. The van der Waals surface area contributed by atoms with Gasteiger partial charge in [0.2, 0.25) is 0 Å². The molecular formula is C14H11F4NO9S4. The lowest BCUT2D eigenvalue weighted by molar-refractivity contribution is -0.0904. The lowest BCUT2D eigenvalue weighted by atomic mass is 10.3. The first-order chi connectivity index (χ1) is 14.3. The molecule has 0 unspecified atom stereocenters.